The van der Waals surface area contributed by atoms with Crippen molar-refractivity contribution in [3.05, 3.63) is 65.2 Å². The lowest BCUT2D eigenvalue weighted by Gasteiger charge is -2.12. The number of amidine groups is 1. The maximum Gasteiger partial charge on any atom is 0.325 e. The van der Waals surface area contributed by atoms with Crippen LogP contribution in [0.4, 0.5) is 5.69 Å². The van der Waals surface area contributed by atoms with E-state index in [1.54, 1.807) is 12.0 Å². The molecule has 0 unspecified atom stereocenters. The van der Waals surface area contributed by atoms with Crippen LogP contribution < -0.4 is 4.74 Å². The van der Waals surface area contributed by atoms with Gasteiger partial charge >= 0.3 is 5.97 Å². The van der Waals surface area contributed by atoms with Gasteiger partial charge in [-0.25, -0.2) is 4.99 Å². The Hall–Kier alpha value is -3.52. The smallest absolute Gasteiger partial charge is 0.325 e. The maximum absolute atomic E-state index is 13.1. The summed E-state index contributed by atoms with van der Waals surface area (Å²) in [6.07, 6.45) is 3.74. The quantitative estimate of drug-likeness (QED) is 0.411. The lowest BCUT2D eigenvalue weighted by Crippen LogP contribution is -2.28. The number of aliphatic imine (C=N–C) groups is 1. The van der Waals surface area contributed by atoms with E-state index in [1.165, 1.54) is 18.9 Å². The topological polar surface area (TPSA) is 73.1 Å². The van der Waals surface area contributed by atoms with Crippen molar-refractivity contribution >= 4 is 51.5 Å². The van der Waals surface area contributed by atoms with Crippen molar-refractivity contribution in [1.29, 1.82) is 0 Å². The molecule has 2 heterocycles. The van der Waals surface area contributed by atoms with Gasteiger partial charge in [0, 0.05) is 29.2 Å². The van der Waals surface area contributed by atoms with Crippen molar-refractivity contribution in [2.45, 2.75) is 13.5 Å². The molecule has 164 valence electrons. The van der Waals surface area contributed by atoms with E-state index >= 15 is 0 Å². The number of rotatable bonds is 6. The molecule has 0 saturated carbocycles. The molecular weight excluding hydrogens is 426 g/mol. The zero-order valence-electron chi connectivity index (χ0n) is 18.1. The number of esters is 1. The second-order valence-electron chi connectivity index (χ2n) is 7.06. The van der Waals surface area contributed by atoms with Crippen LogP contribution in [0.2, 0.25) is 0 Å². The van der Waals surface area contributed by atoms with Crippen LogP contribution in [-0.2, 0) is 20.9 Å². The number of aromatic nitrogens is 1. The summed E-state index contributed by atoms with van der Waals surface area (Å²) in [4.78, 5) is 31.8. The van der Waals surface area contributed by atoms with E-state index in [1.807, 2.05) is 72.3 Å². The van der Waals surface area contributed by atoms with Crippen LogP contribution in [0.5, 0.6) is 5.75 Å². The average Bonchev–Trinajstić information content (AvgIpc) is 3.31. The summed E-state index contributed by atoms with van der Waals surface area (Å²) in [5.41, 5.74) is 2.51. The standard InChI is InChI=1S/C24H23N3O4S/c1-4-27-23(29)21(32-24(27)25-17-9-11-18(30-2)12-10-17)13-16-14-26(15-22(28)31-3)20-8-6-5-7-19(16)20/h5-14H,4,15H2,1-3H3/b21-13+,25-24?. The van der Waals surface area contributed by atoms with Gasteiger partial charge < -0.3 is 14.0 Å². The second kappa shape index (κ2) is 9.32. The van der Waals surface area contributed by atoms with Crippen molar-refractivity contribution in [3.63, 3.8) is 0 Å². The first-order valence-electron chi connectivity index (χ1n) is 10.1. The summed E-state index contributed by atoms with van der Waals surface area (Å²) in [5.74, 6) is 0.331. The van der Waals surface area contributed by atoms with Crippen LogP contribution in [0.15, 0.2) is 64.6 Å². The Balaban J connectivity index is 1.70. The van der Waals surface area contributed by atoms with Crippen LogP contribution in [0.25, 0.3) is 17.0 Å². The van der Waals surface area contributed by atoms with Gasteiger partial charge in [0.05, 0.1) is 24.8 Å². The van der Waals surface area contributed by atoms with Crippen molar-refractivity contribution in [2.24, 2.45) is 4.99 Å². The van der Waals surface area contributed by atoms with E-state index in [9.17, 15) is 9.59 Å². The Bertz CT molecular complexity index is 1230. The fourth-order valence-corrected chi connectivity index (χ4v) is 4.56. The van der Waals surface area contributed by atoms with Crippen LogP contribution in [0.1, 0.15) is 12.5 Å². The summed E-state index contributed by atoms with van der Waals surface area (Å²) in [7, 11) is 2.98. The van der Waals surface area contributed by atoms with E-state index < -0.39 is 0 Å². The van der Waals surface area contributed by atoms with Gasteiger partial charge in [-0.05, 0) is 55.1 Å². The van der Waals surface area contributed by atoms with Crippen LogP contribution >= 0.6 is 11.8 Å². The zero-order chi connectivity index (χ0) is 22.7. The highest BCUT2D eigenvalue weighted by atomic mass is 32.2. The predicted molar refractivity (Wildman–Crippen MR) is 127 cm³/mol. The molecule has 1 aliphatic heterocycles. The highest BCUT2D eigenvalue weighted by Crippen LogP contribution is 2.35. The van der Waals surface area contributed by atoms with Gasteiger partial charge in [0.1, 0.15) is 12.3 Å². The normalized spacial score (nSPS) is 16.3. The number of likely N-dealkylation sites (N-methyl/N-ethyl adjacent to an activating group) is 1. The number of para-hydroxylation sites is 1. The lowest BCUT2D eigenvalue weighted by atomic mass is 10.1. The van der Waals surface area contributed by atoms with Crippen molar-refractivity contribution in [2.75, 3.05) is 20.8 Å². The second-order valence-corrected chi connectivity index (χ2v) is 8.07. The molecule has 32 heavy (non-hydrogen) atoms. The van der Waals surface area contributed by atoms with Crippen molar-refractivity contribution < 1.29 is 19.1 Å². The number of ether oxygens (including phenoxy) is 2. The molecule has 3 aromatic rings. The minimum Gasteiger partial charge on any atom is -0.497 e. The third-order valence-electron chi connectivity index (χ3n) is 5.13. The fraction of sp³-hybridized carbons (Fsp3) is 0.208. The van der Waals surface area contributed by atoms with Gasteiger partial charge in [-0.3, -0.25) is 14.5 Å². The van der Waals surface area contributed by atoms with E-state index in [0.717, 1.165) is 27.9 Å². The monoisotopic (exact) mass is 449 g/mol. The number of methoxy groups -OCH3 is 2. The third kappa shape index (κ3) is 4.27. The molecule has 0 atom stereocenters. The van der Waals surface area contributed by atoms with Gasteiger partial charge in [0.25, 0.3) is 5.91 Å². The Labute approximate surface area is 190 Å². The molecule has 1 aromatic heterocycles. The minimum absolute atomic E-state index is 0.0884. The number of benzene rings is 2. The largest absolute Gasteiger partial charge is 0.497 e. The molecule has 1 fully saturated rings. The minimum atomic E-state index is -0.331. The van der Waals surface area contributed by atoms with E-state index in [2.05, 4.69) is 4.99 Å². The molecule has 4 rings (SSSR count). The van der Waals surface area contributed by atoms with E-state index in [0.29, 0.717) is 16.6 Å². The number of hydrogen-bond acceptors (Lipinski definition) is 6. The number of hydrogen-bond donors (Lipinski definition) is 0. The number of fused-ring (bicyclic) bond motifs is 1. The van der Waals surface area contributed by atoms with Crippen molar-refractivity contribution in [1.82, 2.24) is 9.47 Å². The Kier molecular flexibility index (Phi) is 6.32. The number of amides is 1. The number of thioether (sulfide) groups is 1. The highest BCUT2D eigenvalue weighted by Gasteiger charge is 2.32. The molecule has 1 aliphatic rings. The lowest BCUT2D eigenvalue weighted by molar-refractivity contribution is -0.141. The van der Waals surface area contributed by atoms with Gasteiger partial charge in [-0.15, -0.1) is 0 Å². The molecule has 2 aromatic carbocycles. The van der Waals surface area contributed by atoms with Gasteiger partial charge in [0.15, 0.2) is 5.17 Å². The fourth-order valence-electron chi connectivity index (χ4n) is 3.50. The Morgan fingerprint density at radius 1 is 1.12 bits per heavy atom. The summed E-state index contributed by atoms with van der Waals surface area (Å²) in [6.45, 7) is 2.54. The first-order valence-corrected chi connectivity index (χ1v) is 10.9. The molecule has 8 heteroatoms. The first kappa shape index (κ1) is 21.7. The van der Waals surface area contributed by atoms with E-state index in [-0.39, 0.29) is 18.4 Å². The molecule has 7 nitrogen and oxygen atoms in total. The van der Waals surface area contributed by atoms with Crippen LogP contribution in [0.3, 0.4) is 0 Å². The molecule has 0 radical (unpaired) electrons. The Morgan fingerprint density at radius 3 is 2.56 bits per heavy atom. The molecule has 0 bridgehead atoms. The number of carbonyl (C=O) groups excluding carboxylic acids is 2. The van der Waals surface area contributed by atoms with Crippen LogP contribution in [-0.4, -0.2) is 47.3 Å². The summed E-state index contributed by atoms with van der Waals surface area (Å²) in [5, 5.41) is 1.59. The van der Waals surface area contributed by atoms with Gasteiger partial charge in [-0.2, -0.15) is 0 Å². The molecule has 0 aliphatic carbocycles. The summed E-state index contributed by atoms with van der Waals surface area (Å²) in [6, 6.07) is 15.2. The summed E-state index contributed by atoms with van der Waals surface area (Å²) >= 11 is 1.34. The average molecular weight is 450 g/mol. The first-order chi connectivity index (χ1) is 15.5. The third-order valence-corrected chi connectivity index (χ3v) is 6.14. The molecular formula is C24H23N3O4S. The SMILES string of the molecule is CCN1C(=O)/C(=C\c2cn(CC(=O)OC)c3ccccc23)SC1=Nc1ccc(OC)cc1. The number of carbonyl (C=O) groups is 2. The zero-order valence-corrected chi connectivity index (χ0v) is 18.9. The summed E-state index contributed by atoms with van der Waals surface area (Å²) < 4.78 is 11.8. The molecule has 1 amide bonds. The highest BCUT2D eigenvalue weighted by molar-refractivity contribution is 8.18. The predicted octanol–water partition coefficient (Wildman–Crippen LogP) is 4.45. The molecule has 0 N–H and O–H groups in total. The van der Waals surface area contributed by atoms with Crippen LogP contribution in [0, 0.1) is 0 Å². The Morgan fingerprint density at radius 2 is 1.88 bits per heavy atom. The molecule has 1 saturated heterocycles. The van der Waals surface area contributed by atoms with Gasteiger partial charge in [0.2, 0.25) is 0 Å². The molecule has 0 spiro atoms. The van der Waals surface area contributed by atoms with Crippen molar-refractivity contribution in [3.8, 4) is 5.75 Å². The van der Waals surface area contributed by atoms with E-state index in [4.69, 9.17) is 9.47 Å². The maximum atomic E-state index is 13.1. The van der Waals surface area contributed by atoms with Gasteiger partial charge in [-0.1, -0.05) is 18.2 Å². The number of nitrogens with zero attached hydrogens (tertiary/aromatic N) is 3.